The van der Waals surface area contributed by atoms with E-state index in [1.165, 1.54) is 6.20 Å². The maximum atomic E-state index is 11.3. The molecule has 0 atom stereocenters. The van der Waals surface area contributed by atoms with Crippen LogP contribution in [0, 0.1) is 6.92 Å². The van der Waals surface area contributed by atoms with E-state index in [1.54, 1.807) is 0 Å². The highest BCUT2D eigenvalue weighted by atomic mass is 16.4. The molecule has 0 saturated heterocycles. The molecule has 1 aromatic carbocycles. The summed E-state index contributed by atoms with van der Waals surface area (Å²) in [6, 6.07) is 7.48. The number of H-pyrrole nitrogens is 1. The molecule has 0 aliphatic carbocycles. The van der Waals surface area contributed by atoms with E-state index in [1.807, 2.05) is 31.2 Å². The van der Waals surface area contributed by atoms with Crippen LogP contribution in [0.4, 0.5) is 0 Å². The molecule has 18 heavy (non-hydrogen) atoms. The lowest BCUT2D eigenvalue weighted by Gasteiger charge is -2.07. The third-order valence-corrected chi connectivity index (χ3v) is 2.57. The van der Waals surface area contributed by atoms with Crippen molar-refractivity contribution in [1.29, 1.82) is 0 Å². The van der Waals surface area contributed by atoms with Gasteiger partial charge >= 0.3 is 11.7 Å². The van der Waals surface area contributed by atoms with Gasteiger partial charge in [-0.05, 0) is 12.5 Å². The fourth-order valence-electron chi connectivity index (χ4n) is 1.70. The summed E-state index contributed by atoms with van der Waals surface area (Å²) >= 11 is 0. The molecule has 92 valence electrons. The van der Waals surface area contributed by atoms with Gasteiger partial charge in [-0.1, -0.05) is 29.8 Å². The third kappa shape index (κ3) is 2.63. The molecule has 0 saturated carbocycles. The van der Waals surface area contributed by atoms with E-state index in [0.717, 1.165) is 11.1 Å². The molecule has 1 heterocycles. The van der Waals surface area contributed by atoms with E-state index in [-0.39, 0.29) is 6.42 Å². The zero-order chi connectivity index (χ0) is 13.1. The number of aliphatic carboxylic acids is 1. The number of carbonyl (C=O) groups is 1. The molecule has 0 fully saturated rings. The summed E-state index contributed by atoms with van der Waals surface area (Å²) in [6.45, 7) is 1.96. The molecule has 2 rings (SSSR count). The fourth-order valence-corrected chi connectivity index (χ4v) is 1.70. The van der Waals surface area contributed by atoms with Gasteiger partial charge in [0.1, 0.15) is 0 Å². The molecule has 5 heteroatoms. The lowest BCUT2D eigenvalue weighted by molar-refractivity contribution is -0.136. The SMILES string of the molecule is Cc1ccc(-c2[nH]c(=O)ncc2CC(=O)O)cc1. The van der Waals surface area contributed by atoms with Gasteiger partial charge < -0.3 is 10.1 Å². The van der Waals surface area contributed by atoms with Crippen LogP contribution in [-0.4, -0.2) is 21.0 Å². The molecule has 5 nitrogen and oxygen atoms in total. The lowest BCUT2D eigenvalue weighted by Crippen LogP contribution is -2.14. The van der Waals surface area contributed by atoms with Crippen molar-refractivity contribution in [2.45, 2.75) is 13.3 Å². The Morgan fingerprint density at radius 1 is 1.33 bits per heavy atom. The maximum absolute atomic E-state index is 11.3. The summed E-state index contributed by atoms with van der Waals surface area (Å²) in [7, 11) is 0. The van der Waals surface area contributed by atoms with Crippen LogP contribution in [0.1, 0.15) is 11.1 Å². The number of nitrogens with one attached hydrogen (secondary N) is 1. The van der Waals surface area contributed by atoms with Crippen LogP contribution in [0.25, 0.3) is 11.3 Å². The number of benzene rings is 1. The molecule has 2 N–H and O–H groups in total. The summed E-state index contributed by atoms with van der Waals surface area (Å²) in [5.74, 6) is -0.961. The van der Waals surface area contributed by atoms with Gasteiger partial charge in [0.15, 0.2) is 0 Å². The number of aromatic nitrogens is 2. The van der Waals surface area contributed by atoms with Crippen LogP contribution >= 0.6 is 0 Å². The van der Waals surface area contributed by atoms with E-state index < -0.39 is 11.7 Å². The Morgan fingerprint density at radius 2 is 2.00 bits per heavy atom. The summed E-state index contributed by atoms with van der Waals surface area (Å²) < 4.78 is 0. The Balaban J connectivity index is 2.53. The van der Waals surface area contributed by atoms with Gasteiger partial charge in [-0.15, -0.1) is 0 Å². The van der Waals surface area contributed by atoms with Gasteiger partial charge in [0.05, 0.1) is 12.1 Å². The number of carboxylic acid groups (broad SMARTS) is 1. The predicted molar refractivity (Wildman–Crippen MR) is 66.4 cm³/mol. The van der Waals surface area contributed by atoms with Crippen LogP contribution in [-0.2, 0) is 11.2 Å². The highest BCUT2D eigenvalue weighted by molar-refractivity contribution is 5.74. The quantitative estimate of drug-likeness (QED) is 0.854. The molecule has 0 spiro atoms. The molecule has 0 unspecified atom stereocenters. The number of hydrogen-bond acceptors (Lipinski definition) is 3. The van der Waals surface area contributed by atoms with E-state index in [2.05, 4.69) is 9.97 Å². The number of carboxylic acids is 1. The van der Waals surface area contributed by atoms with Crippen LogP contribution in [0.5, 0.6) is 0 Å². The fraction of sp³-hybridized carbons (Fsp3) is 0.154. The highest BCUT2D eigenvalue weighted by Crippen LogP contribution is 2.20. The zero-order valence-corrected chi connectivity index (χ0v) is 9.80. The molecular formula is C13H12N2O3. The molecule has 0 aliphatic heterocycles. The molecule has 0 radical (unpaired) electrons. The smallest absolute Gasteiger partial charge is 0.345 e. The monoisotopic (exact) mass is 244 g/mol. The van der Waals surface area contributed by atoms with Crippen molar-refractivity contribution in [2.75, 3.05) is 0 Å². The molecule has 0 bridgehead atoms. The summed E-state index contributed by atoms with van der Waals surface area (Å²) in [4.78, 5) is 28.2. The average Bonchev–Trinajstić information content (AvgIpc) is 2.32. The van der Waals surface area contributed by atoms with Gasteiger partial charge in [0.2, 0.25) is 0 Å². The minimum Gasteiger partial charge on any atom is -0.481 e. The van der Waals surface area contributed by atoms with Crippen molar-refractivity contribution in [1.82, 2.24) is 9.97 Å². The van der Waals surface area contributed by atoms with Crippen molar-refractivity contribution >= 4 is 5.97 Å². The van der Waals surface area contributed by atoms with Crippen molar-refractivity contribution in [3.05, 3.63) is 52.1 Å². The molecule has 0 aliphatic rings. The van der Waals surface area contributed by atoms with Crippen LogP contribution < -0.4 is 5.69 Å². The largest absolute Gasteiger partial charge is 0.481 e. The maximum Gasteiger partial charge on any atom is 0.345 e. The van der Waals surface area contributed by atoms with Gasteiger partial charge in [-0.2, -0.15) is 0 Å². The Morgan fingerprint density at radius 3 is 2.61 bits per heavy atom. The summed E-state index contributed by atoms with van der Waals surface area (Å²) in [6.07, 6.45) is 1.13. The standard InChI is InChI=1S/C13H12N2O3/c1-8-2-4-9(5-3-8)12-10(6-11(16)17)7-14-13(18)15-12/h2-5,7H,6H2,1H3,(H,16,17)(H,14,15,18). The first-order chi connectivity index (χ1) is 8.56. The molecular weight excluding hydrogens is 232 g/mol. The first kappa shape index (κ1) is 12.0. The van der Waals surface area contributed by atoms with Gasteiger partial charge in [-0.25, -0.2) is 9.78 Å². The Bertz CT molecular complexity index is 629. The first-order valence-electron chi connectivity index (χ1n) is 5.43. The van der Waals surface area contributed by atoms with Crippen LogP contribution in [0.3, 0.4) is 0 Å². The zero-order valence-electron chi connectivity index (χ0n) is 9.80. The Hall–Kier alpha value is -2.43. The van der Waals surface area contributed by atoms with Crippen LogP contribution in [0.2, 0.25) is 0 Å². The van der Waals surface area contributed by atoms with Crippen molar-refractivity contribution in [2.24, 2.45) is 0 Å². The molecule has 1 aromatic heterocycles. The van der Waals surface area contributed by atoms with E-state index in [4.69, 9.17) is 5.11 Å². The Kier molecular flexibility index (Phi) is 3.23. The lowest BCUT2D eigenvalue weighted by atomic mass is 10.0. The highest BCUT2D eigenvalue weighted by Gasteiger charge is 2.10. The third-order valence-electron chi connectivity index (χ3n) is 2.57. The van der Waals surface area contributed by atoms with E-state index in [0.29, 0.717) is 11.3 Å². The van der Waals surface area contributed by atoms with E-state index >= 15 is 0 Å². The normalized spacial score (nSPS) is 10.3. The van der Waals surface area contributed by atoms with Crippen molar-refractivity contribution < 1.29 is 9.90 Å². The van der Waals surface area contributed by atoms with Gasteiger partial charge in [0, 0.05) is 11.8 Å². The number of aryl methyl sites for hydroxylation is 1. The van der Waals surface area contributed by atoms with Gasteiger partial charge in [0.25, 0.3) is 0 Å². The number of rotatable bonds is 3. The number of nitrogens with zero attached hydrogens (tertiary/aromatic N) is 1. The second-order valence-electron chi connectivity index (χ2n) is 4.03. The minimum absolute atomic E-state index is 0.174. The second kappa shape index (κ2) is 4.83. The number of hydrogen-bond donors (Lipinski definition) is 2. The minimum atomic E-state index is -0.961. The number of aromatic amines is 1. The summed E-state index contributed by atoms with van der Waals surface area (Å²) in [5, 5.41) is 8.83. The van der Waals surface area contributed by atoms with E-state index in [9.17, 15) is 9.59 Å². The van der Waals surface area contributed by atoms with Crippen molar-refractivity contribution in [3.63, 3.8) is 0 Å². The second-order valence-corrected chi connectivity index (χ2v) is 4.03. The van der Waals surface area contributed by atoms with Crippen molar-refractivity contribution in [3.8, 4) is 11.3 Å². The first-order valence-corrected chi connectivity index (χ1v) is 5.43. The molecule has 0 amide bonds. The van der Waals surface area contributed by atoms with Crippen LogP contribution in [0.15, 0.2) is 35.3 Å². The van der Waals surface area contributed by atoms with Gasteiger partial charge in [-0.3, -0.25) is 4.79 Å². The Labute approximate surface area is 103 Å². The predicted octanol–water partition coefficient (Wildman–Crippen LogP) is 1.37. The molecule has 2 aromatic rings. The summed E-state index contributed by atoms with van der Waals surface area (Å²) in [5.41, 5.74) is 2.38. The topological polar surface area (TPSA) is 83.0 Å². The average molecular weight is 244 g/mol.